The first kappa shape index (κ1) is 5.24. The number of rotatable bonds is 2. The van der Waals surface area contributed by atoms with Gasteiger partial charge in [-0.3, -0.25) is 0 Å². The van der Waals surface area contributed by atoms with Crippen LogP contribution in [0.2, 0.25) is 0 Å². The van der Waals surface area contributed by atoms with Gasteiger partial charge in [-0.2, -0.15) is 0 Å². The second kappa shape index (κ2) is 3.81. The Morgan fingerprint density at radius 3 is 2.82 bits per heavy atom. The van der Waals surface area contributed by atoms with Crippen molar-refractivity contribution in [3.05, 3.63) is 24.3 Å². The Morgan fingerprint density at radius 1 is 1.45 bits per heavy atom. The van der Waals surface area contributed by atoms with Crippen molar-refractivity contribution in [2.45, 2.75) is 4.90 Å². The lowest BCUT2D eigenvalue weighted by atomic mass is 9.80. The number of thioether (sulfide) groups is 1. The molecule has 1 rings (SSSR count). The van der Waals surface area contributed by atoms with Crippen LogP contribution in [0.3, 0.4) is 0 Å². The molecule has 0 unspecified atom stereocenters. The summed E-state index contributed by atoms with van der Waals surface area (Å²) in [7, 11) is -1.64. The molecule has 0 bridgehead atoms. The van der Waals surface area contributed by atoms with Crippen LogP contribution in [0, 0.1) is 0 Å². The van der Waals surface area contributed by atoms with E-state index in [2.05, 4.69) is 0 Å². The van der Waals surface area contributed by atoms with Crippen LogP contribution >= 0.6 is 11.8 Å². The van der Waals surface area contributed by atoms with Crippen LogP contribution in [0.25, 0.3) is 0 Å². The predicted molar refractivity (Wildman–Crippen MR) is 48.0 cm³/mol. The van der Waals surface area contributed by atoms with Crippen LogP contribution in [0.15, 0.2) is 29.2 Å². The van der Waals surface area contributed by atoms with Gasteiger partial charge in [-0.1, -0.05) is 18.2 Å². The van der Waals surface area contributed by atoms with E-state index in [9.17, 15) is 0 Å². The first-order valence-electron chi connectivity index (χ1n) is 4.54. The van der Waals surface area contributed by atoms with Gasteiger partial charge >= 0.3 is 7.12 Å². The minimum atomic E-state index is -2.18. The third kappa shape index (κ3) is 1.99. The lowest BCUT2D eigenvalue weighted by molar-refractivity contribution is 0.425. The van der Waals surface area contributed by atoms with Gasteiger partial charge in [0.15, 0.2) is 0 Å². The third-order valence-corrected chi connectivity index (χ3v) is 1.90. The smallest absolute Gasteiger partial charge is 0.423 e. The zero-order valence-electron chi connectivity index (χ0n) is 8.69. The van der Waals surface area contributed by atoms with E-state index in [4.69, 9.17) is 14.2 Å². The van der Waals surface area contributed by atoms with Gasteiger partial charge in [0, 0.05) is 9.01 Å². The van der Waals surface area contributed by atoms with Crippen molar-refractivity contribution in [3.8, 4) is 0 Å². The van der Waals surface area contributed by atoms with Gasteiger partial charge in [-0.15, -0.1) is 11.8 Å². The number of hydrogen-bond donors (Lipinski definition) is 2. The molecule has 0 saturated heterocycles. The highest BCUT2D eigenvalue weighted by molar-refractivity contribution is 7.98. The van der Waals surface area contributed by atoms with Crippen LogP contribution in [-0.2, 0) is 0 Å². The average molecular weight is 171 g/mol. The number of benzene rings is 1. The topological polar surface area (TPSA) is 40.5 Å². The van der Waals surface area contributed by atoms with Crippen molar-refractivity contribution in [2.24, 2.45) is 0 Å². The minimum Gasteiger partial charge on any atom is -0.423 e. The lowest BCUT2D eigenvalue weighted by Gasteiger charge is -2.03. The lowest BCUT2D eigenvalue weighted by Crippen LogP contribution is -2.31. The fourth-order valence-corrected chi connectivity index (χ4v) is 1.22. The molecule has 0 heterocycles. The van der Waals surface area contributed by atoms with Crippen molar-refractivity contribution in [1.29, 1.82) is 0 Å². The van der Waals surface area contributed by atoms with Crippen molar-refractivity contribution in [1.82, 2.24) is 0 Å². The molecule has 0 amide bonds. The minimum absolute atomic E-state index is 0.216. The molecule has 1 aromatic carbocycles. The molecule has 4 heteroatoms. The van der Waals surface area contributed by atoms with Crippen LogP contribution in [0.1, 0.15) is 4.11 Å². The van der Waals surface area contributed by atoms with Gasteiger partial charge in [0.25, 0.3) is 0 Å². The molecular weight excluding hydrogens is 159 g/mol. The summed E-state index contributed by atoms with van der Waals surface area (Å²) in [6, 6.07) is 6.31. The van der Waals surface area contributed by atoms with Crippen LogP contribution in [-0.4, -0.2) is 23.4 Å². The number of hydrogen-bond acceptors (Lipinski definition) is 3. The van der Waals surface area contributed by atoms with E-state index in [-0.39, 0.29) is 5.46 Å². The normalized spacial score (nSPS) is 14.9. The van der Waals surface area contributed by atoms with E-state index < -0.39 is 13.3 Å². The van der Waals surface area contributed by atoms with E-state index in [1.165, 1.54) is 6.07 Å². The summed E-state index contributed by atoms with van der Waals surface area (Å²) in [4.78, 5) is 0.363. The molecule has 0 aliphatic carbocycles. The molecule has 0 aromatic heterocycles. The Kier molecular flexibility index (Phi) is 1.81. The van der Waals surface area contributed by atoms with Crippen LogP contribution in [0.4, 0.5) is 0 Å². The van der Waals surface area contributed by atoms with Gasteiger partial charge < -0.3 is 10.0 Å². The Bertz CT molecular complexity index is 316. The summed E-state index contributed by atoms with van der Waals surface area (Å²) in [5.41, 5.74) is 0.216. The maximum absolute atomic E-state index is 8.96. The highest BCUT2D eigenvalue weighted by Gasteiger charge is 2.13. The molecule has 11 heavy (non-hydrogen) atoms. The van der Waals surface area contributed by atoms with Crippen molar-refractivity contribution < 1.29 is 14.2 Å². The molecule has 2 nitrogen and oxygen atoms in total. The summed E-state index contributed by atoms with van der Waals surface area (Å²) in [6.07, 6.45) is -2.18. The zero-order chi connectivity index (χ0) is 10.8. The van der Waals surface area contributed by atoms with E-state index in [1.807, 2.05) is 0 Å². The highest BCUT2D eigenvalue weighted by Crippen LogP contribution is 2.10. The molecule has 2 N–H and O–H groups in total. The molecule has 0 spiro atoms. The summed E-state index contributed by atoms with van der Waals surface area (Å²) in [5.74, 6) is 0. The van der Waals surface area contributed by atoms with Gasteiger partial charge in [-0.05, 0) is 17.7 Å². The van der Waals surface area contributed by atoms with Gasteiger partial charge in [0.05, 0.1) is 0 Å². The van der Waals surface area contributed by atoms with Crippen molar-refractivity contribution >= 4 is 24.3 Å². The molecule has 0 saturated carbocycles. The quantitative estimate of drug-likeness (QED) is 0.489. The van der Waals surface area contributed by atoms with Crippen LogP contribution < -0.4 is 5.46 Å². The Morgan fingerprint density at radius 2 is 2.18 bits per heavy atom. The summed E-state index contributed by atoms with van der Waals surface area (Å²) in [6.45, 7) is 0. The molecule has 0 radical (unpaired) electrons. The second-order valence-electron chi connectivity index (χ2n) is 2.01. The highest BCUT2D eigenvalue weighted by atomic mass is 32.2. The monoisotopic (exact) mass is 171 g/mol. The van der Waals surface area contributed by atoms with Gasteiger partial charge in [-0.25, -0.2) is 0 Å². The van der Waals surface area contributed by atoms with E-state index in [1.54, 1.807) is 18.2 Å². The summed E-state index contributed by atoms with van der Waals surface area (Å²) < 4.78 is 21.1. The Labute approximate surface area is 74.6 Å². The summed E-state index contributed by atoms with van der Waals surface area (Å²) in [5, 5.41) is 17.9. The first-order chi connectivity index (χ1) is 6.40. The van der Waals surface area contributed by atoms with Crippen LogP contribution in [0.5, 0.6) is 0 Å². The van der Waals surface area contributed by atoms with E-state index in [0.29, 0.717) is 16.7 Å². The third-order valence-electron chi connectivity index (χ3n) is 1.31. The Hall–Kier alpha value is -0.445. The van der Waals surface area contributed by atoms with E-state index >= 15 is 0 Å². The molecule has 1 aromatic rings. The molecule has 0 aliphatic rings. The molecule has 58 valence electrons. The summed E-state index contributed by atoms with van der Waals surface area (Å²) >= 11 is 0.636. The fraction of sp³-hybridized carbons (Fsp3) is 0.143. The van der Waals surface area contributed by atoms with Crippen molar-refractivity contribution in [2.75, 3.05) is 6.18 Å². The maximum Gasteiger partial charge on any atom is 0.489 e. The largest absolute Gasteiger partial charge is 0.489 e. The molecule has 0 fully saturated rings. The fourth-order valence-electron chi connectivity index (χ4n) is 0.787. The average Bonchev–Trinajstić information content (AvgIpc) is 2.01. The van der Waals surface area contributed by atoms with Gasteiger partial charge in [0.2, 0.25) is 0 Å². The van der Waals surface area contributed by atoms with Crippen molar-refractivity contribution in [3.63, 3.8) is 0 Å². The first-order valence-corrected chi connectivity index (χ1v) is 3.86. The predicted octanol–water partition coefficient (Wildman–Crippen LogP) is 0.0883. The van der Waals surface area contributed by atoms with Gasteiger partial charge in [0.1, 0.15) is 0 Å². The second-order valence-corrected chi connectivity index (χ2v) is 2.66. The molecule has 0 atom stereocenters. The SMILES string of the molecule is [2H]C([2H])([2H])Sc1ccccc1B(O)O. The Balaban J connectivity index is 2.96. The van der Waals surface area contributed by atoms with E-state index in [0.717, 1.165) is 0 Å². The standard InChI is InChI=1S/C7H9BO2S/c1-11-7-5-3-2-4-6(7)8(9)10/h2-5,9-10H,1H3/i1D3. The maximum atomic E-state index is 8.96. The zero-order valence-corrected chi connectivity index (χ0v) is 6.51. The molecule has 0 aliphatic heterocycles. The molecular formula is C7H9BO2S.